The number of ketones is 1. The molecule has 7 heteroatoms. The van der Waals surface area contributed by atoms with Crippen LogP contribution in [0.2, 0.25) is 10.0 Å². The maximum atomic E-state index is 12.6. The predicted octanol–water partition coefficient (Wildman–Crippen LogP) is 5.44. The van der Waals surface area contributed by atoms with Gasteiger partial charge in [-0.1, -0.05) is 41.4 Å². The molecule has 0 aromatic heterocycles. The molecule has 2 aromatic rings. The van der Waals surface area contributed by atoms with E-state index in [9.17, 15) is 4.79 Å². The van der Waals surface area contributed by atoms with Gasteiger partial charge in [0.15, 0.2) is 10.9 Å². The number of benzene rings is 2. The van der Waals surface area contributed by atoms with E-state index in [1.165, 1.54) is 0 Å². The standard InChI is InChI=1S/C22H20Cl2N2O2S/c1-26-18-3-2-4-19(27)20(18)21(25-22(26)29)13-6-9-16(10-7-13)28-12-14-5-8-15(23)11-17(14)24/h5-11,21H,2-4,12H2,1H3,(H,25,29). The highest BCUT2D eigenvalue weighted by Gasteiger charge is 2.35. The van der Waals surface area contributed by atoms with Crippen molar-refractivity contribution in [3.8, 4) is 5.75 Å². The fraction of sp³-hybridized carbons (Fsp3) is 0.273. The number of carbonyl (C=O) groups excluding carboxylic acids is 1. The zero-order valence-electron chi connectivity index (χ0n) is 15.9. The van der Waals surface area contributed by atoms with Gasteiger partial charge in [0.05, 0.1) is 6.04 Å². The number of hydrogen-bond donors (Lipinski definition) is 1. The number of Topliss-reactive ketones (excluding diaryl/α,β-unsaturated/α-hetero) is 1. The van der Waals surface area contributed by atoms with E-state index in [1.807, 2.05) is 42.3 Å². The average molecular weight is 447 g/mol. The molecule has 2 aliphatic rings. The topological polar surface area (TPSA) is 41.6 Å². The fourth-order valence-electron chi connectivity index (χ4n) is 3.74. The second-order valence-electron chi connectivity index (χ2n) is 7.17. The van der Waals surface area contributed by atoms with Crippen molar-refractivity contribution in [2.75, 3.05) is 7.05 Å². The molecule has 0 fully saturated rings. The first-order valence-electron chi connectivity index (χ1n) is 9.41. The van der Waals surface area contributed by atoms with Gasteiger partial charge >= 0.3 is 0 Å². The molecule has 4 rings (SSSR count). The summed E-state index contributed by atoms with van der Waals surface area (Å²) in [4.78, 5) is 14.6. The summed E-state index contributed by atoms with van der Waals surface area (Å²) in [5.41, 5.74) is 3.71. The molecule has 0 bridgehead atoms. The lowest BCUT2D eigenvalue weighted by Crippen LogP contribution is -2.47. The maximum absolute atomic E-state index is 12.6. The van der Waals surface area contributed by atoms with Crippen molar-refractivity contribution >= 4 is 46.3 Å². The molecule has 4 nitrogen and oxygen atoms in total. The number of nitrogens with one attached hydrogen (secondary N) is 1. The van der Waals surface area contributed by atoms with Crippen LogP contribution in [0.1, 0.15) is 36.4 Å². The third-order valence-electron chi connectivity index (χ3n) is 5.32. The average Bonchev–Trinajstić information content (AvgIpc) is 2.71. The minimum atomic E-state index is -0.221. The number of rotatable bonds is 4. The molecular weight excluding hydrogens is 427 g/mol. The summed E-state index contributed by atoms with van der Waals surface area (Å²) in [6.07, 6.45) is 2.33. The Bertz CT molecular complexity index is 1000. The van der Waals surface area contributed by atoms with Crippen LogP contribution in [0.15, 0.2) is 53.7 Å². The number of thiocarbonyl (C=S) groups is 1. The summed E-state index contributed by atoms with van der Waals surface area (Å²) >= 11 is 17.6. The molecule has 2 aromatic carbocycles. The van der Waals surface area contributed by atoms with Crippen molar-refractivity contribution in [1.29, 1.82) is 0 Å². The lowest BCUT2D eigenvalue weighted by molar-refractivity contribution is -0.116. The Hall–Kier alpha value is -2.08. The monoisotopic (exact) mass is 446 g/mol. The zero-order valence-corrected chi connectivity index (χ0v) is 18.2. The molecule has 1 unspecified atom stereocenters. The molecule has 0 saturated carbocycles. The minimum absolute atomic E-state index is 0.191. The van der Waals surface area contributed by atoms with Gasteiger partial charge in [-0.05, 0) is 54.9 Å². The molecule has 1 N–H and O–H groups in total. The highest BCUT2D eigenvalue weighted by Crippen LogP contribution is 2.37. The lowest BCUT2D eigenvalue weighted by atomic mass is 9.85. The Morgan fingerprint density at radius 1 is 1.17 bits per heavy atom. The fourth-order valence-corrected chi connectivity index (χ4v) is 4.44. The predicted molar refractivity (Wildman–Crippen MR) is 119 cm³/mol. The Balaban J connectivity index is 1.53. The quantitative estimate of drug-likeness (QED) is 0.633. The van der Waals surface area contributed by atoms with Gasteiger partial charge in [0.1, 0.15) is 12.4 Å². The van der Waals surface area contributed by atoms with E-state index in [2.05, 4.69) is 5.32 Å². The third kappa shape index (κ3) is 4.13. The second kappa shape index (κ2) is 8.34. The molecule has 1 atom stereocenters. The SMILES string of the molecule is CN1C(=S)NC(c2ccc(OCc3ccc(Cl)cc3Cl)cc2)C2=C1CCCC2=O. The number of nitrogens with zero attached hydrogens (tertiary/aromatic N) is 1. The largest absolute Gasteiger partial charge is 0.489 e. The Kier molecular flexibility index (Phi) is 5.81. The van der Waals surface area contributed by atoms with E-state index in [-0.39, 0.29) is 11.8 Å². The number of ether oxygens (including phenoxy) is 1. The molecule has 1 aliphatic heterocycles. The van der Waals surface area contributed by atoms with Crippen molar-refractivity contribution in [2.45, 2.75) is 31.9 Å². The first-order valence-corrected chi connectivity index (χ1v) is 10.6. The summed E-state index contributed by atoms with van der Waals surface area (Å²) < 4.78 is 5.86. The van der Waals surface area contributed by atoms with Crippen LogP contribution in [-0.4, -0.2) is 22.8 Å². The van der Waals surface area contributed by atoms with E-state index in [1.54, 1.807) is 12.1 Å². The smallest absolute Gasteiger partial charge is 0.173 e. The Morgan fingerprint density at radius 2 is 1.93 bits per heavy atom. The molecule has 29 heavy (non-hydrogen) atoms. The van der Waals surface area contributed by atoms with Crippen molar-refractivity contribution in [2.24, 2.45) is 0 Å². The third-order valence-corrected chi connectivity index (χ3v) is 6.30. The van der Waals surface area contributed by atoms with Crippen LogP contribution in [0.5, 0.6) is 5.75 Å². The van der Waals surface area contributed by atoms with Gasteiger partial charge in [0.25, 0.3) is 0 Å². The van der Waals surface area contributed by atoms with Crippen LogP contribution in [-0.2, 0) is 11.4 Å². The minimum Gasteiger partial charge on any atom is -0.489 e. The van der Waals surface area contributed by atoms with Gasteiger partial charge < -0.3 is 15.0 Å². The van der Waals surface area contributed by atoms with Gasteiger partial charge in [0, 0.05) is 40.3 Å². The first-order chi connectivity index (χ1) is 13.9. The van der Waals surface area contributed by atoms with Gasteiger partial charge in [-0.25, -0.2) is 0 Å². The summed E-state index contributed by atoms with van der Waals surface area (Å²) in [6.45, 7) is 0.347. The Labute approximate surface area is 185 Å². The summed E-state index contributed by atoms with van der Waals surface area (Å²) in [6, 6.07) is 12.9. The second-order valence-corrected chi connectivity index (χ2v) is 8.40. The molecule has 150 valence electrons. The molecule has 0 saturated heterocycles. The van der Waals surface area contributed by atoms with Gasteiger partial charge in [-0.2, -0.15) is 0 Å². The van der Waals surface area contributed by atoms with Gasteiger partial charge in [-0.15, -0.1) is 0 Å². The van der Waals surface area contributed by atoms with Gasteiger partial charge in [0.2, 0.25) is 0 Å². The molecule has 0 amide bonds. The first kappa shape index (κ1) is 20.2. The van der Waals surface area contributed by atoms with Crippen molar-refractivity contribution in [1.82, 2.24) is 10.2 Å². The van der Waals surface area contributed by atoms with Crippen LogP contribution in [0.3, 0.4) is 0 Å². The van der Waals surface area contributed by atoms with E-state index >= 15 is 0 Å². The van der Waals surface area contributed by atoms with Crippen LogP contribution in [0.4, 0.5) is 0 Å². The van der Waals surface area contributed by atoms with Crippen molar-refractivity contribution < 1.29 is 9.53 Å². The summed E-state index contributed by atoms with van der Waals surface area (Å²) in [5, 5.41) is 5.12. The summed E-state index contributed by atoms with van der Waals surface area (Å²) in [5.74, 6) is 0.912. The van der Waals surface area contributed by atoms with E-state index < -0.39 is 0 Å². The van der Waals surface area contributed by atoms with Crippen molar-refractivity contribution in [3.05, 3.63) is 74.9 Å². The van der Waals surface area contributed by atoms with Crippen LogP contribution in [0, 0.1) is 0 Å². The normalized spacial score (nSPS) is 19.1. The number of halogens is 2. The summed E-state index contributed by atoms with van der Waals surface area (Å²) in [7, 11) is 1.91. The van der Waals surface area contributed by atoms with Gasteiger partial charge in [-0.3, -0.25) is 4.79 Å². The van der Waals surface area contributed by atoms with Crippen LogP contribution in [0.25, 0.3) is 0 Å². The lowest BCUT2D eigenvalue weighted by Gasteiger charge is -2.39. The highest BCUT2D eigenvalue weighted by molar-refractivity contribution is 7.80. The zero-order chi connectivity index (χ0) is 20.5. The molecule has 0 spiro atoms. The van der Waals surface area contributed by atoms with E-state index in [0.717, 1.165) is 41.0 Å². The van der Waals surface area contributed by atoms with Crippen LogP contribution < -0.4 is 10.1 Å². The maximum Gasteiger partial charge on any atom is 0.173 e. The molecular formula is C22H20Cl2N2O2S. The molecule has 0 radical (unpaired) electrons. The highest BCUT2D eigenvalue weighted by atomic mass is 35.5. The Morgan fingerprint density at radius 3 is 2.66 bits per heavy atom. The van der Waals surface area contributed by atoms with Crippen molar-refractivity contribution in [3.63, 3.8) is 0 Å². The number of hydrogen-bond acceptors (Lipinski definition) is 3. The van der Waals surface area contributed by atoms with E-state index in [0.29, 0.717) is 28.2 Å². The van der Waals surface area contributed by atoms with Crippen LogP contribution >= 0.6 is 35.4 Å². The number of allylic oxidation sites excluding steroid dienone is 1. The number of carbonyl (C=O) groups is 1. The van der Waals surface area contributed by atoms with E-state index in [4.69, 9.17) is 40.2 Å². The molecule has 1 aliphatic carbocycles. The molecule has 1 heterocycles.